The van der Waals surface area contributed by atoms with Crippen molar-refractivity contribution in [3.8, 4) is 0 Å². The Labute approximate surface area is 172 Å². The molecule has 0 amide bonds. The second kappa shape index (κ2) is 13.3. The Morgan fingerprint density at radius 1 is 0.621 bits per heavy atom. The normalized spacial score (nSPS) is 19.2. The van der Waals surface area contributed by atoms with Gasteiger partial charge in [-0.15, -0.1) is 0 Å². The van der Waals surface area contributed by atoms with E-state index >= 15 is 0 Å². The lowest BCUT2D eigenvalue weighted by molar-refractivity contribution is -0.140. The molecule has 1 saturated heterocycles. The quantitative estimate of drug-likeness (QED) is 0.422. The molecule has 0 saturated carbocycles. The van der Waals surface area contributed by atoms with Crippen molar-refractivity contribution in [2.24, 2.45) is 0 Å². The van der Waals surface area contributed by atoms with E-state index in [2.05, 4.69) is 11.5 Å². The zero-order chi connectivity index (χ0) is 21.8. The number of hydrogen-bond acceptors (Lipinski definition) is 7. The highest BCUT2D eigenvalue weighted by Crippen LogP contribution is 2.05. The van der Waals surface area contributed by atoms with E-state index in [4.69, 9.17) is 5.11 Å². The molecule has 29 heavy (non-hydrogen) atoms. The molecular formula is C19H34N4O6. The summed E-state index contributed by atoms with van der Waals surface area (Å²) in [6.07, 6.45) is 0.846. The zero-order valence-electron chi connectivity index (χ0n) is 17.3. The molecule has 1 rings (SSSR count). The van der Waals surface area contributed by atoms with Gasteiger partial charge in [-0.1, -0.05) is 19.1 Å². The Morgan fingerprint density at radius 2 is 0.862 bits per heavy atom. The van der Waals surface area contributed by atoms with Crippen LogP contribution in [0.25, 0.3) is 0 Å². The number of carboxylic acid groups (broad SMARTS) is 3. The van der Waals surface area contributed by atoms with E-state index in [0.29, 0.717) is 58.9 Å². The minimum atomic E-state index is -0.962. The van der Waals surface area contributed by atoms with Gasteiger partial charge in [-0.2, -0.15) is 0 Å². The van der Waals surface area contributed by atoms with Gasteiger partial charge in [-0.25, -0.2) is 0 Å². The van der Waals surface area contributed by atoms with Crippen LogP contribution in [0.1, 0.15) is 13.3 Å². The van der Waals surface area contributed by atoms with Crippen LogP contribution in [0, 0.1) is 0 Å². The summed E-state index contributed by atoms with van der Waals surface area (Å²) in [6, 6.07) is 0. The van der Waals surface area contributed by atoms with Crippen LogP contribution in [0.15, 0.2) is 12.2 Å². The third-order valence-corrected chi connectivity index (χ3v) is 4.95. The molecular weight excluding hydrogens is 380 g/mol. The Balaban J connectivity index is 2.92. The van der Waals surface area contributed by atoms with E-state index in [1.807, 2.05) is 16.7 Å². The molecule has 0 aromatic rings. The minimum Gasteiger partial charge on any atom is -0.480 e. The van der Waals surface area contributed by atoms with Crippen LogP contribution >= 0.6 is 0 Å². The van der Waals surface area contributed by atoms with Crippen LogP contribution in [-0.2, 0) is 14.4 Å². The number of nitrogens with zero attached hydrogens (tertiary/aromatic N) is 4. The molecule has 0 bridgehead atoms. The van der Waals surface area contributed by atoms with E-state index in [0.717, 1.165) is 12.0 Å². The van der Waals surface area contributed by atoms with Gasteiger partial charge in [0.1, 0.15) is 0 Å². The Kier molecular flexibility index (Phi) is 11.4. The highest BCUT2D eigenvalue weighted by Gasteiger charge is 2.20. The summed E-state index contributed by atoms with van der Waals surface area (Å²) in [5, 5.41) is 27.5. The smallest absolute Gasteiger partial charge is 0.317 e. The molecule has 3 N–H and O–H groups in total. The summed E-state index contributed by atoms with van der Waals surface area (Å²) in [6.45, 7) is 10.4. The van der Waals surface area contributed by atoms with Gasteiger partial charge in [0.15, 0.2) is 0 Å². The molecule has 1 heterocycles. The fourth-order valence-corrected chi connectivity index (χ4v) is 3.21. The van der Waals surface area contributed by atoms with Crippen molar-refractivity contribution in [1.29, 1.82) is 0 Å². The number of rotatable bonds is 9. The molecule has 0 radical (unpaired) electrons. The molecule has 0 aliphatic carbocycles. The number of hydrogen-bond donors (Lipinski definition) is 3. The maximum absolute atomic E-state index is 11.2. The van der Waals surface area contributed by atoms with Gasteiger partial charge in [0.2, 0.25) is 0 Å². The molecule has 0 unspecified atom stereocenters. The van der Waals surface area contributed by atoms with Gasteiger partial charge in [0.25, 0.3) is 0 Å². The molecule has 0 aromatic carbocycles. The molecule has 0 aromatic heterocycles. The van der Waals surface area contributed by atoms with Crippen molar-refractivity contribution in [2.45, 2.75) is 13.3 Å². The molecule has 10 nitrogen and oxygen atoms in total. The van der Waals surface area contributed by atoms with Crippen LogP contribution < -0.4 is 0 Å². The summed E-state index contributed by atoms with van der Waals surface area (Å²) in [7, 11) is 0. The third-order valence-electron chi connectivity index (χ3n) is 4.95. The number of carbonyl (C=O) groups is 3. The zero-order valence-corrected chi connectivity index (χ0v) is 17.3. The number of carboxylic acids is 3. The summed E-state index contributed by atoms with van der Waals surface area (Å²) >= 11 is 0. The average Bonchev–Trinajstić information content (AvgIpc) is 2.62. The Bertz CT molecular complexity index is 539. The van der Waals surface area contributed by atoms with E-state index in [-0.39, 0.29) is 19.6 Å². The summed E-state index contributed by atoms with van der Waals surface area (Å²) in [5.41, 5.74) is 1.07. The predicted octanol–water partition coefficient (Wildman–Crippen LogP) is -0.572. The molecule has 1 aliphatic rings. The SMILES string of the molecule is C=C(CC)CN1CCN(CC(=O)O)CCN(CC(=O)O)CCN(CC(=O)O)CC1. The second-order valence-electron chi connectivity index (χ2n) is 7.39. The minimum absolute atomic E-state index is 0.103. The lowest BCUT2D eigenvalue weighted by atomic mass is 10.2. The predicted molar refractivity (Wildman–Crippen MR) is 108 cm³/mol. The Morgan fingerprint density at radius 3 is 1.07 bits per heavy atom. The third kappa shape index (κ3) is 11.5. The van der Waals surface area contributed by atoms with Gasteiger partial charge >= 0.3 is 17.9 Å². The standard InChI is InChI=1S/C19H34N4O6/c1-3-16(2)12-20-4-6-21(13-17(24)25)8-10-23(15-19(28)29)11-9-22(7-5-20)14-18(26)27/h2-15H2,1H3,(H,24,25)(H,26,27)(H,28,29). The van der Waals surface area contributed by atoms with Crippen LogP contribution in [0.5, 0.6) is 0 Å². The van der Waals surface area contributed by atoms with E-state index in [9.17, 15) is 24.6 Å². The average molecular weight is 415 g/mol. The van der Waals surface area contributed by atoms with Crippen LogP contribution in [0.2, 0.25) is 0 Å². The first-order valence-corrected chi connectivity index (χ1v) is 9.91. The summed E-state index contributed by atoms with van der Waals surface area (Å²) in [4.78, 5) is 41.1. The molecule has 0 spiro atoms. The summed E-state index contributed by atoms with van der Waals surface area (Å²) in [5.74, 6) is -2.80. The van der Waals surface area contributed by atoms with E-state index in [1.54, 1.807) is 4.90 Å². The fraction of sp³-hybridized carbons (Fsp3) is 0.737. The summed E-state index contributed by atoms with van der Waals surface area (Å²) < 4.78 is 0. The van der Waals surface area contributed by atoms with Crippen molar-refractivity contribution in [1.82, 2.24) is 19.6 Å². The van der Waals surface area contributed by atoms with E-state index < -0.39 is 17.9 Å². The van der Waals surface area contributed by atoms with Crippen LogP contribution in [-0.4, -0.2) is 131 Å². The molecule has 10 heteroatoms. The largest absolute Gasteiger partial charge is 0.480 e. The molecule has 1 fully saturated rings. The van der Waals surface area contributed by atoms with Gasteiger partial charge in [-0.3, -0.25) is 34.0 Å². The first kappa shape index (κ1) is 25.0. The maximum atomic E-state index is 11.2. The Hall–Kier alpha value is -2.01. The molecule has 166 valence electrons. The van der Waals surface area contributed by atoms with E-state index in [1.165, 1.54) is 0 Å². The topological polar surface area (TPSA) is 125 Å². The van der Waals surface area contributed by atoms with Crippen molar-refractivity contribution in [2.75, 3.05) is 78.5 Å². The first-order valence-electron chi connectivity index (χ1n) is 9.91. The molecule has 0 atom stereocenters. The van der Waals surface area contributed by atoms with Gasteiger partial charge < -0.3 is 15.3 Å². The highest BCUT2D eigenvalue weighted by molar-refractivity contribution is 5.69. The molecule has 1 aliphatic heterocycles. The van der Waals surface area contributed by atoms with Gasteiger partial charge in [-0.05, 0) is 6.42 Å². The van der Waals surface area contributed by atoms with Gasteiger partial charge in [0.05, 0.1) is 19.6 Å². The maximum Gasteiger partial charge on any atom is 0.317 e. The van der Waals surface area contributed by atoms with Crippen molar-refractivity contribution in [3.05, 3.63) is 12.2 Å². The second-order valence-corrected chi connectivity index (χ2v) is 7.39. The monoisotopic (exact) mass is 414 g/mol. The fourth-order valence-electron chi connectivity index (χ4n) is 3.21. The first-order chi connectivity index (χ1) is 13.7. The lowest BCUT2D eigenvalue weighted by Gasteiger charge is -2.33. The van der Waals surface area contributed by atoms with Gasteiger partial charge in [0, 0.05) is 58.9 Å². The van der Waals surface area contributed by atoms with Crippen molar-refractivity contribution >= 4 is 17.9 Å². The highest BCUT2D eigenvalue weighted by atomic mass is 16.4. The van der Waals surface area contributed by atoms with Crippen molar-refractivity contribution < 1.29 is 29.7 Å². The van der Waals surface area contributed by atoms with Crippen molar-refractivity contribution in [3.63, 3.8) is 0 Å². The lowest BCUT2D eigenvalue weighted by Crippen LogP contribution is -2.48. The van der Waals surface area contributed by atoms with Crippen LogP contribution in [0.4, 0.5) is 0 Å². The van der Waals surface area contributed by atoms with Crippen LogP contribution in [0.3, 0.4) is 0 Å². The number of aliphatic carboxylic acids is 3.